The van der Waals surface area contributed by atoms with Gasteiger partial charge < -0.3 is 13.9 Å². The SMILES string of the molecule is COc1ccc2nc(-c3occc3OC)cnc2c1. The summed E-state index contributed by atoms with van der Waals surface area (Å²) in [5, 5.41) is 0. The molecule has 0 radical (unpaired) electrons. The standard InChI is InChI=1S/C14H12N2O3/c1-17-9-3-4-10-11(7-9)15-8-12(16-10)14-13(18-2)5-6-19-14/h3-8H,1-2H3. The highest BCUT2D eigenvalue weighted by Gasteiger charge is 2.12. The van der Waals surface area contributed by atoms with Crippen LogP contribution in [0.1, 0.15) is 0 Å². The van der Waals surface area contributed by atoms with Gasteiger partial charge in [0.2, 0.25) is 0 Å². The lowest BCUT2D eigenvalue weighted by atomic mass is 10.2. The van der Waals surface area contributed by atoms with Gasteiger partial charge in [-0.15, -0.1) is 0 Å². The minimum absolute atomic E-state index is 0.577. The summed E-state index contributed by atoms with van der Waals surface area (Å²) in [7, 11) is 3.21. The molecule has 0 saturated carbocycles. The molecule has 0 atom stereocenters. The fraction of sp³-hybridized carbons (Fsp3) is 0.143. The highest BCUT2D eigenvalue weighted by atomic mass is 16.5. The molecule has 0 N–H and O–H groups in total. The van der Waals surface area contributed by atoms with Gasteiger partial charge in [-0.3, -0.25) is 4.98 Å². The number of benzene rings is 1. The van der Waals surface area contributed by atoms with E-state index in [-0.39, 0.29) is 0 Å². The maximum atomic E-state index is 5.38. The van der Waals surface area contributed by atoms with Gasteiger partial charge in [-0.1, -0.05) is 0 Å². The van der Waals surface area contributed by atoms with E-state index in [1.807, 2.05) is 18.2 Å². The van der Waals surface area contributed by atoms with E-state index in [0.717, 1.165) is 16.8 Å². The summed E-state index contributed by atoms with van der Waals surface area (Å²) in [5.41, 5.74) is 2.19. The zero-order valence-corrected chi connectivity index (χ0v) is 10.6. The zero-order chi connectivity index (χ0) is 13.2. The second-order valence-electron chi connectivity index (χ2n) is 3.93. The van der Waals surface area contributed by atoms with E-state index < -0.39 is 0 Å². The van der Waals surface area contributed by atoms with Crippen molar-refractivity contribution in [3.8, 4) is 23.0 Å². The molecule has 0 unspecified atom stereocenters. The van der Waals surface area contributed by atoms with Crippen molar-refractivity contribution in [2.24, 2.45) is 0 Å². The van der Waals surface area contributed by atoms with Crippen LogP contribution in [0.2, 0.25) is 0 Å². The van der Waals surface area contributed by atoms with E-state index >= 15 is 0 Å². The third kappa shape index (κ3) is 1.99. The number of furan rings is 1. The summed E-state index contributed by atoms with van der Waals surface area (Å²) in [4.78, 5) is 8.87. The van der Waals surface area contributed by atoms with Crippen LogP contribution < -0.4 is 9.47 Å². The molecule has 0 saturated heterocycles. The monoisotopic (exact) mass is 256 g/mol. The molecule has 0 aliphatic heterocycles. The molecule has 0 fully saturated rings. The predicted molar refractivity (Wildman–Crippen MR) is 70.3 cm³/mol. The number of nitrogens with zero attached hydrogens (tertiary/aromatic N) is 2. The average molecular weight is 256 g/mol. The molecular weight excluding hydrogens is 244 g/mol. The third-order valence-corrected chi connectivity index (χ3v) is 2.83. The number of hydrogen-bond acceptors (Lipinski definition) is 5. The van der Waals surface area contributed by atoms with Gasteiger partial charge in [0.15, 0.2) is 11.5 Å². The summed E-state index contributed by atoms with van der Waals surface area (Å²) in [5.74, 6) is 1.97. The predicted octanol–water partition coefficient (Wildman–Crippen LogP) is 2.91. The lowest BCUT2D eigenvalue weighted by Gasteiger charge is -2.04. The summed E-state index contributed by atoms with van der Waals surface area (Å²) >= 11 is 0. The van der Waals surface area contributed by atoms with Crippen molar-refractivity contribution in [3.63, 3.8) is 0 Å². The molecule has 5 heteroatoms. The molecule has 2 aromatic heterocycles. The Kier molecular flexibility index (Phi) is 2.79. The van der Waals surface area contributed by atoms with Crippen LogP contribution in [0.15, 0.2) is 41.1 Å². The first-order valence-corrected chi connectivity index (χ1v) is 5.74. The van der Waals surface area contributed by atoms with E-state index in [2.05, 4.69) is 9.97 Å². The first kappa shape index (κ1) is 11.5. The first-order chi connectivity index (χ1) is 9.31. The molecule has 0 aliphatic rings. The largest absolute Gasteiger partial charge is 0.497 e. The molecule has 0 spiro atoms. The molecule has 5 nitrogen and oxygen atoms in total. The van der Waals surface area contributed by atoms with Gasteiger partial charge in [0.1, 0.15) is 11.4 Å². The van der Waals surface area contributed by atoms with E-state index in [1.165, 1.54) is 0 Å². The van der Waals surface area contributed by atoms with Crippen LogP contribution in [0, 0.1) is 0 Å². The van der Waals surface area contributed by atoms with E-state index in [9.17, 15) is 0 Å². The quantitative estimate of drug-likeness (QED) is 0.721. The van der Waals surface area contributed by atoms with Crippen molar-refractivity contribution in [1.82, 2.24) is 9.97 Å². The Bertz CT molecular complexity index is 722. The smallest absolute Gasteiger partial charge is 0.195 e. The molecule has 3 aromatic rings. The topological polar surface area (TPSA) is 57.4 Å². The van der Waals surface area contributed by atoms with Gasteiger partial charge in [-0.25, -0.2) is 4.98 Å². The molecule has 2 heterocycles. The van der Waals surface area contributed by atoms with Crippen molar-refractivity contribution in [2.45, 2.75) is 0 Å². The Morgan fingerprint density at radius 1 is 1.05 bits per heavy atom. The van der Waals surface area contributed by atoms with Crippen molar-refractivity contribution in [2.75, 3.05) is 14.2 Å². The maximum absolute atomic E-state index is 5.38. The second-order valence-corrected chi connectivity index (χ2v) is 3.93. The van der Waals surface area contributed by atoms with Gasteiger partial charge in [0, 0.05) is 12.1 Å². The van der Waals surface area contributed by atoms with E-state index in [4.69, 9.17) is 13.9 Å². The number of ether oxygens (including phenoxy) is 2. The fourth-order valence-electron chi connectivity index (χ4n) is 1.87. The fourth-order valence-corrected chi connectivity index (χ4v) is 1.87. The van der Waals surface area contributed by atoms with Gasteiger partial charge in [-0.2, -0.15) is 0 Å². The normalized spacial score (nSPS) is 10.6. The summed E-state index contributed by atoms with van der Waals surface area (Å²) < 4.78 is 15.7. The first-order valence-electron chi connectivity index (χ1n) is 5.74. The Morgan fingerprint density at radius 3 is 2.74 bits per heavy atom. The molecule has 0 aliphatic carbocycles. The van der Waals surface area contributed by atoms with Gasteiger partial charge >= 0.3 is 0 Å². The van der Waals surface area contributed by atoms with Crippen molar-refractivity contribution in [1.29, 1.82) is 0 Å². The second kappa shape index (κ2) is 4.61. The third-order valence-electron chi connectivity index (χ3n) is 2.83. The maximum Gasteiger partial charge on any atom is 0.195 e. The van der Waals surface area contributed by atoms with E-state index in [0.29, 0.717) is 17.2 Å². The van der Waals surface area contributed by atoms with Crippen LogP contribution in [0.5, 0.6) is 11.5 Å². The van der Waals surface area contributed by atoms with Gasteiger partial charge in [-0.05, 0) is 12.1 Å². The molecule has 3 rings (SSSR count). The van der Waals surface area contributed by atoms with Crippen molar-refractivity contribution in [3.05, 3.63) is 36.7 Å². The van der Waals surface area contributed by atoms with E-state index in [1.54, 1.807) is 32.7 Å². The summed E-state index contributed by atoms with van der Waals surface area (Å²) in [6.45, 7) is 0. The van der Waals surface area contributed by atoms with Crippen molar-refractivity contribution < 1.29 is 13.9 Å². The molecule has 0 bridgehead atoms. The number of fused-ring (bicyclic) bond motifs is 1. The highest BCUT2D eigenvalue weighted by molar-refractivity contribution is 5.78. The van der Waals surface area contributed by atoms with Gasteiger partial charge in [0.25, 0.3) is 0 Å². The minimum Gasteiger partial charge on any atom is -0.497 e. The van der Waals surface area contributed by atoms with Crippen LogP contribution in [0.3, 0.4) is 0 Å². The zero-order valence-electron chi connectivity index (χ0n) is 10.6. The Hall–Kier alpha value is -2.56. The molecular formula is C14H12N2O3. The lowest BCUT2D eigenvalue weighted by Crippen LogP contribution is -1.91. The molecule has 1 aromatic carbocycles. The number of hydrogen-bond donors (Lipinski definition) is 0. The number of methoxy groups -OCH3 is 2. The molecule has 19 heavy (non-hydrogen) atoms. The Morgan fingerprint density at radius 2 is 1.95 bits per heavy atom. The van der Waals surface area contributed by atoms with Crippen LogP contribution in [-0.4, -0.2) is 24.2 Å². The number of rotatable bonds is 3. The van der Waals surface area contributed by atoms with Crippen LogP contribution in [-0.2, 0) is 0 Å². The Balaban J connectivity index is 2.12. The van der Waals surface area contributed by atoms with Crippen LogP contribution >= 0.6 is 0 Å². The highest BCUT2D eigenvalue weighted by Crippen LogP contribution is 2.30. The van der Waals surface area contributed by atoms with Crippen LogP contribution in [0.4, 0.5) is 0 Å². The minimum atomic E-state index is 0.577. The van der Waals surface area contributed by atoms with Crippen molar-refractivity contribution >= 4 is 11.0 Å². The molecule has 96 valence electrons. The molecule has 0 amide bonds. The van der Waals surface area contributed by atoms with Crippen LogP contribution in [0.25, 0.3) is 22.5 Å². The average Bonchev–Trinajstić information content (AvgIpc) is 2.94. The summed E-state index contributed by atoms with van der Waals surface area (Å²) in [6, 6.07) is 7.29. The lowest BCUT2D eigenvalue weighted by molar-refractivity contribution is 0.409. The Labute approximate surface area is 109 Å². The number of aromatic nitrogens is 2. The summed E-state index contributed by atoms with van der Waals surface area (Å²) in [6.07, 6.45) is 3.22. The van der Waals surface area contributed by atoms with Gasteiger partial charge in [0.05, 0.1) is 37.7 Å².